The van der Waals surface area contributed by atoms with Crippen LogP contribution in [0.25, 0.3) is 0 Å². The van der Waals surface area contributed by atoms with Gasteiger partial charge in [-0.2, -0.15) is 0 Å². The first-order valence-electron chi connectivity index (χ1n) is 10.7. The van der Waals surface area contributed by atoms with Crippen LogP contribution in [-0.4, -0.2) is 18.9 Å². The quantitative estimate of drug-likeness (QED) is 0.228. The summed E-state index contributed by atoms with van der Waals surface area (Å²) in [5.41, 5.74) is 2.41. The molecule has 0 aliphatic heterocycles. The van der Waals surface area contributed by atoms with Gasteiger partial charge >= 0.3 is 0 Å². The van der Waals surface area contributed by atoms with E-state index in [9.17, 15) is 4.79 Å². The molecule has 1 atom stereocenters. The predicted octanol–water partition coefficient (Wildman–Crippen LogP) is 7.77. The third-order valence-corrected chi connectivity index (χ3v) is 13.6. The molecule has 0 amide bonds. The summed E-state index contributed by atoms with van der Waals surface area (Å²) in [6.07, 6.45) is 6.13. The standard InChI is InChI=1S/C23H37BrO2Si/c1-16(2)27(17(3)4,18(5)6)26-21-14-12-20(13-15-21)23(25)22(24)19-10-8-7-9-11-19/h12-19,22H,7-11H2,1-6H3. The van der Waals surface area contributed by atoms with Crippen molar-refractivity contribution in [3.05, 3.63) is 29.8 Å². The molecule has 2 rings (SSSR count). The van der Waals surface area contributed by atoms with Crippen LogP contribution in [0.4, 0.5) is 0 Å². The van der Waals surface area contributed by atoms with Gasteiger partial charge in [-0.15, -0.1) is 0 Å². The molecule has 1 unspecified atom stereocenters. The molecule has 2 nitrogen and oxygen atoms in total. The van der Waals surface area contributed by atoms with E-state index in [0.717, 1.165) is 24.2 Å². The van der Waals surface area contributed by atoms with Crippen molar-refractivity contribution >= 4 is 30.0 Å². The molecule has 1 fully saturated rings. The number of ketones is 1. The first kappa shape index (κ1) is 22.7. The molecule has 0 radical (unpaired) electrons. The second kappa shape index (κ2) is 9.73. The van der Waals surface area contributed by atoms with Crippen LogP contribution in [0.15, 0.2) is 24.3 Å². The lowest BCUT2D eigenvalue weighted by Crippen LogP contribution is -2.50. The summed E-state index contributed by atoms with van der Waals surface area (Å²) in [6, 6.07) is 7.91. The second-order valence-electron chi connectivity index (χ2n) is 9.11. The van der Waals surface area contributed by atoms with Crippen molar-refractivity contribution in [3.8, 4) is 5.75 Å². The fraction of sp³-hybridized carbons (Fsp3) is 0.696. The minimum Gasteiger partial charge on any atom is -0.543 e. The van der Waals surface area contributed by atoms with Gasteiger partial charge in [0.25, 0.3) is 8.32 Å². The van der Waals surface area contributed by atoms with Gasteiger partial charge in [-0.3, -0.25) is 4.79 Å². The number of alkyl halides is 1. The molecule has 0 spiro atoms. The zero-order valence-corrected chi connectivity index (χ0v) is 20.5. The van der Waals surface area contributed by atoms with Crippen LogP contribution in [0.5, 0.6) is 5.75 Å². The van der Waals surface area contributed by atoms with Crippen molar-refractivity contribution in [1.29, 1.82) is 0 Å². The van der Waals surface area contributed by atoms with Crippen LogP contribution in [0.2, 0.25) is 16.6 Å². The third-order valence-electron chi connectivity index (χ3n) is 6.45. The molecule has 4 heteroatoms. The monoisotopic (exact) mass is 452 g/mol. The molecule has 0 aromatic heterocycles. The Morgan fingerprint density at radius 3 is 1.85 bits per heavy atom. The Labute approximate surface area is 175 Å². The van der Waals surface area contributed by atoms with E-state index < -0.39 is 8.32 Å². The third kappa shape index (κ3) is 5.06. The van der Waals surface area contributed by atoms with Crippen LogP contribution >= 0.6 is 15.9 Å². The molecule has 152 valence electrons. The topological polar surface area (TPSA) is 26.3 Å². The van der Waals surface area contributed by atoms with E-state index in [0.29, 0.717) is 22.5 Å². The Balaban J connectivity index is 2.15. The maximum Gasteiger partial charge on any atom is 0.258 e. The minimum absolute atomic E-state index is 0.0555. The van der Waals surface area contributed by atoms with Gasteiger partial charge in [-0.05, 0) is 59.6 Å². The maximum absolute atomic E-state index is 12.9. The Morgan fingerprint density at radius 2 is 1.41 bits per heavy atom. The highest BCUT2D eigenvalue weighted by atomic mass is 79.9. The maximum atomic E-state index is 12.9. The Morgan fingerprint density at radius 1 is 0.926 bits per heavy atom. The fourth-order valence-electron chi connectivity index (χ4n) is 5.05. The van der Waals surface area contributed by atoms with Gasteiger partial charge in [0, 0.05) is 5.56 Å². The first-order valence-corrected chi connectivity index (χ1v) is 13.7. The highest BCUT2D eigenvalue weighted by molar-refractivity contribution is 9.10. The molecule has 27 heavy (non-hydrogen) atoms. The summed E-state index contributed by atoms with van der Waals surface area (Å²) in [7, 11) is -1.96. The van der Waals surface area contributed by atoms with Gasteiger partial charge in [-0.1, -0.05) is 76.7 Å². The van der Waals surface area contributed by atoms with E-state index in [1.165, 1.54) is 19.3 Å². The molecule has 1 aliphatic carbocycles. The largest absolute Gasteiger partial charge is 0.543 e. The number of hydrogen-bond donors (Lipinski definition) is 0. The summed E-state index contributed by atoms with van der Waals surface area (Å²) in [5.74, 6) is 1.61. The van der Waals surface area contributed by atoms with E-state index in [-0.39, 0.29) is 10.6 Å². The fourth-order valence-corrected chi connectivity index (χ4v) is 11.1. The van der Waals surface area contributed by atoms with Gasteiger partial charge in [0.15, 0.2) is 5.78 Å². The summed E-state index contributed by atoms with van der Waals surface area (Å²) in [4.78, 5) is 12.8. The van der Waals surface area contributed by atoms with Gasteiger partial charge in [0.1, 0.15) is 5.75 Å². The molecule has 1 aliphatic rings. The Kier molecular flexibility index (Phi) is 8.17. The van der Waals surface area contributed by atoms with Gasteiger partial charge in [0.05, 0.1) is 4.83 Å². The second-order valence-corrected chi connectivity index (χ2v) is 15.5. The van der Waals surface area contributed by atoms with E-state index in [1.54, 1.807) is 0 Å². The van der Waals surface area contributed by atoms with E-state index in [4.69, 9.17) is 4.43 Å². The highest BCUT2D eigenvalue weighted by Crippen LogP contribution is 2.42. The lowest BCUT2D eigenvalue weighted by atomic mass is 9.84. The van der Waals surface area contributed by atoms with Crippen molar-refractivity contribution in [2.75, 3.05) is 0 Å². The summed E-state index contributed by atoms with van der Waals surface area (Å²) < 4.78 is 6.71. The van der Waals surface area contributed by atoms with Gasteiger partial charge in [0.2, 0.25) is 0 Å². The summed E-state index contributed by atoms with van der Waals surface area (Å²) in [6.45, 7) is 13.8. The van der Waals surface area contributed by atoms with Crippen molar-refractivity contribution in [2.45, 2.75) is 95.1 Å². The number of hydrogen-bond acceptors (Lipinski definition) is 2. The van der Waals surface area contributed by atoms with Crippen LogP contribution in [-0.2, 0) is 0 Å². The number of rotatable bonds is 8. The predicted molar refractivity (Wildman–Crippen MR) is 122 cm³/mol. The van der Waals surface area contributed by atoms with Crippen molar-refractivity contribution < 1.29 is 9.22 Å². The van der Waals surface area contributed by atoms with Gasteiger partial charge in [-0.25, -0.2) is 0 Å². The minimum atomic E-state index is -1.96. The molecule has 1 aromatic rings. The van der Waals surface area contributed by atoms with Crippen LogP contribution < -0.4 is 4.43 Å². The molecule has 0 saturated heterocycles. The van der Waals surface area contributed by atoms with Crippen LogP contribution in [0.3, 0.4) is 0 Å². The Bertz CT molecular complexity index is 582. The van der Waals surface area contributed by atoms with E-state index in [2.05, 4.69) is 57.5 Å². The Hall–Kier alpha value is -0.613. The number of Topliss-reactive ketones (excluding diaryl/α,β-unsaturated/α-hetero) is 1. The van der Waals surface area contributed by atoms with E-state index in [1.807, 2.05) is 24.3 Å². The molecular weight excluding hydrogens is 416 g/mol. The van der Waals surface area contributed by atoms with Gasteiger partial charge < -0.3 is 4.43 Å². The number of halogens is 1. The summed E-state index contributed by atoms with van der Waals surface area (Å²) in [5, 5.41) is 0. The first-order chi connectivity index (χ1) is 12.7. The lowest BCUT2D eigenvalue weighted by molar-refractivity contribution is 0.0962. The van der Waals surface area contributed by atoms with E-state index >= 15 is 0 Å². The zero-order valence-electron chi connectivity index (χ0n) is 17.9. The average molecular weight is 454 g/mol. The molecule has 0 bridgehead atoms. The lowest BCUT2D eigenvalue weighted by Gasteiger charge is -2.42. The van der Waals surface area contributed by atoms with Crippen molar-refractivity contribution in [1.82, 2.24) is 0 Å². The van der Waals surface area contributed by atoms with Crippen LogP contribution in [0, 0.1) is 5.92 Å². The number of carbonyl (C=O) groups is 1. The average Bonchev–Trinajstić information content (AvgIpc) is 2.65. The smallest absolute Gasteiger partial charge is 0.258 e. The highest BCUT2D eigenvalue weighted by Gasteiger charge is 2.47. The van der Waals surface area contributed by atoms with Crippen LogP contribution in [0.1, 0.15) is 84.0 Å². The zero-order chi connectivity index (χ0) is 20.2. The molecular formula is C23H37BrO2Si. The SMILES string of the molecule is CC(C)[Si](Oc1ccc(C(=O)C(Br)C2CCCCC2)cc1)(C(C)C)C(C)C. The molecule has 0 N–H and O–H groups in total. The molecule has 1 aromatic carbocycles. The molecule has 1 saturated carbocycles. The molecule has 0 heterocycles. The van der Waals surface area contributed by atoms with Crippen molar-refractivity contribution in [3.63, 3.8) is 0 Å². The number of carbonyl (C=O) groups excluding carboxylic acids is 1. The van der Waals surface area contributed by atoms with Crippen molar-refractivity contribution in [2.24, 2.45) is 5.92 Å². The normalized spacial score (nSPS) is 17.6. The number of benzene rings is 1. The summed E-state index contributed by atoms with van der Waals surface area (Å²) >= 11 is 3.69.